The highest BCUT2D eigenvalue weighted by atomic mass is 32.1. The van der Waals surface area contributed by atoms with Crippen LogP contribution in [0, 0.1) is 6.92 Å². The number of nitrogens with zero attached hydrogens (tertiary/aromatic N) is 4. The van der Waals surface area contributed by atoms with Gasteiger partial charge in [0.05, 0.1) is 28.1 Å². The van der Waals surface area contributed by atoms with Crippen LogP contribution in [-0.2, 0) is 4.79 Å². The first-order valence-electron chi connectivity index (χ1n) is 13.1. The fourth-order valence-corrected chi connectivity index (χ4v) is 5.86. The second kappa shape index (κ2) is 11.3. The van der Waals surface area contributed by atoms with E-state index in [4.69, 9.17) is 0 Å². The van der Waals surface area contributed by atoms with Gasteiger partial charge in [-0.25, -0.2) is 9.78 Å². The monoisotopic (exact) mass is 554 g/mol. The average molecular weight is 555 g/mol. The minimum Gasteiger partial charge on any atom is -0.347 e. The van der Waals surface area contributed by atoms with Crippen LogP contribution in [0.2, 0.25) is 0 Å². The van der Waals surface area contributed by atoms with Crippen molar-refractivity contribution in [3.63, 3.8) is 0 Å². The largest absolute Gasteiger partial charge is 0.347 e. The fourth-order valence-electron chi connectivity index (χ4n) is 4.83. The summed E-state index contributed by atoms with van der Waals surface area (Å²) in [4.78, 5) is 52.7. The molecule has 4 heterocycles. The van der Waals surface area contributed by atoms with Gasteiger partial charge in [0.1, 0.15) is 9.71 Å². The van der Waals surface area contributed by atoms with Crippen LogP contribution in [0.3, 0.4) is 0 Å². The second-order valence-corrected chi connectivity index (χ2v) is 10.5. The molecular weight excluding hydrogens is 524 g/mol. The van der Waals surface area contributed by atoms with Gasteiger partial charge in [-0.1, -0.05) is 43.8 Å². The van der Waals surface area contributed by atoms with Crippen molar-refractivity contribution in [1.82, 2.24) is 20.2 Å². The summed E-state index contributed by atoms with van der Waals surface area (Å²) in [6, 6.07) is 14.7. The highest BCUT2D eigenvalue weighted by Crippen LogP contribution is 2.46. The number of rotatable bonds is 9. The lowest BCUT2D eigenvalue weighted by atomic mass is 10.1. The summed E-state index contributed by atoms with van der Waals surface area (Å²) >= 11 is 1.23. The molecular formula is C30H30N6O3S. The maximum atomic E-state index is 13.6. The molecule has 4 amide bonds. The van der Waals surface area contributed by atoms with Crippen molar-refractivity contribution in [3.05, 3.63) is 78.0 Å². The number of aryl methyl sites for hydroxylation is 1. The molecule has 0 fully saturated rings. The zero-order valence-corrected chi connectivity index (χ0v) is 23.4. The third-order valence-corrected chi connectivity index (χ3v) is 7.95. The van der Waals surface area contributed by atoms with Crippen LogP contribution in [0.5, 0.6) is 0 Å². The summed E-state index contributed by atoms with van der Waals surface area (Å²) in [5.41, 5.74) is 4.22. The Morgan fingerprint density at radius 3 is 2.67 bits per heavy atom. The van der Waals surface area contributed by atoms with E-state index in [9.17, 15) is 14.4 Å². The molecule has 10 heteroatoms. The Morgan fingerprint density at radius 2 is 1.98 bits per heavy atom. The molecule has 204 valence electrons. The number of aromatic nitrogens is 2. The Labute approximate surface area is 236 Å². The molecule has 1 atom stereocenters. The fraction of sp³-hybridized carbons (Fsp3) is 0.233. The lowest BCUT2D eigenvalue weighted by Gasteiger charge is -2.29. The maximum absolute atomic E-state index is 13.6. The van der Waals surface area contributed by atoms with Crippen molar-refractivity contribution in [2.75, 3.05) is 23.3 Å². The topological polar surface area (TPSA) is 108 Å². The number of amides is 4. The number of carbonyl (C=O) groups excluding carboxylic acids is 3. The normalized spacial score (nSPS) is 13.1. The van der Waals surface area contributed by atoms with Crippen LogP contribution < -0.4 is 15.5 Å². The quantitative estimate of drug-likeness (QED) is 0.251. The van der Waals surface area contributed by atoms with Gasteiger partial charge < -0.3 is 15.5 Å². The molecule has 1 aliphatic rings. The Kier molecular flexibility index (Phi) is 7.61. The minimum atomic E-state index is -0.377. The van der Waals surface area contributed by atoms with Crippen LogP contribution in [0.1, 0.15) is 35.6 Å². The highest BCUT2D eigenvalue weighted by molar-refractivity contribution is 7.21. The molecule has 2 N–H and O–H groups in total. The predicted molar refractivity (Wildman–Crippen MR) is 159 cm³/mol. The van der Waals surface area contributed by atoms with E-state index in [0.717, 1.165) is 17.0 Å². The van der Waals surface area contributed by atoms with E-state index >= 15 is 0 Å². The van der Waals surface area contributed by atoms with Crippen LogP contribution in [0.25, 0.3) is 21.5 Å². The number of hydrogen-bond donors (Lipinski definition) is 2. The molecule has 0 unspecified atom stereocenters. The van der Waals surface area contributed by atoms with Gasteiger partial charge in [-0.3, -0.25) is 19.5 Å². The summed E-state index contributed by atoms with van der Waals surface area (Å²) in [6.07, 6.45) is 3.55. The molecule has 4 aromatic rings. The van der Waals surface area contributed by atoms with Gasteiger partial charge in [-0.15, -0.1) is 11.3 Å². The molecule has 1 aromatic carbocycles. The number of anilines is 3. The number of hydrogen-bond acceptors (Lipinski definition) is 6. The zero-order chi connectivity index (χ0) is 28.4. The van der Waals surface area contributed by atoms with Crippen molar-refractivity contribution in [3.8, 4) is 11.3 Å². The summed E-state index contributed by atoms with van der Waals surface area (Å²) in [5.74, 6) is -0.507. The summed E-state index contributed by atoms with van der Waals surface area (Å²) in [7, 11) is 0. The van der Waals surface area contributed by atoms with Crippen LogP contribution in [0.15, 0.2) is 67.4 Å². The zero-order valence-electron chi connectivity index (χ0n) is 22.6. The third-order valence-electron chi connectivity index (χ3n) is 6.85. The predicted octanol–water partition coefficient (Wildman–Crippen LogP) is 5.89. The first kappa shape index (κ1) is 27.0. The van der Waals surface area contributed by atoms with Crippen molar-refractivity contribution in [1.29, 1.82) is 0 Å². The third kappa shape index (κ3) is 5.05. The van der Waals surface area contributed by atoms with Gasteiger partial charge in [-0.05, 0) is 44.5 Å². The highest BCUT2D eigenvalue weighted by Gasteiger charge is 2.33. The van der Waals surface area contributed by atoms with Gasteiger partial charge in [-0.2, -0.15) is 0 Å². The van der Waals surface area contributed by atoms with Crippen molar-refractivity contribution < 1.29 is 14.4 Å². The smallest absolute Gasteiger partial charge is 0.331 e. The number of nitrogens with one attached hydrogen (secondary N) is 2. The molecule has 0 radical (unpaired) electrons. The standard InChI is InChI=1S/C30H30N6O3S/c1-5-20(17-35(7-3)24(37)6-2)33-28(38)27-26-25-23(13-14-31-29(25)40-27)36(30(39)34-26)21-15-18(4)32-22(16-21)19-11-9-8-10-12-19/h6,8-16,20H,2,5,7,17H2,1,3-4H3,(H,33,38)(H,34,39)/t20-/m1/s1. The number of benzene rings is 1. The number of thiophene rings is 1. The number of urea groups is 1. The van der Waals surface area contributed by atoms with Gasteiger partial charge in [0.25, 0.3) is 5.91 Å². The van der Waals surface area contributed by atoms with Gasteiger partial charge in [0.15, 0.2) is 0 Å². The Hall–Kier alpha value is -4.57. The molecule has 0 saturated heterocycles. The van der Waals surface area contributed by atoms with Crippen molar-refractivity contribution >= 4 is 56.5 Å². The molecule has 9 nitrogen and oxygen atoms in total. The SMILES string of the molecule is C=CC(=O)N(CC)C[C@@H](CC)NC(=O)c1sc2nccc3c2c1NC(=O)N3c1cc(C)nc(-c2ccccc2)c1. The molecule has 1 aliphatic heterocycles. The van der Waals surface area contributed by atoms with Crippen LogP contribution in [-0.4, -0.2) is 51.8 Å². The average Bonchev–Trinajstić information content (AvgIpc) is 3.34. The minimum absolute atomic E-state index is 0.185. The van der Waals surface area contributed by atoms with Crippen LogP contribution >= 0.6 is 11.3 Å². The van der Waals surface area contributed by atoms with E-state index in [2.05, 4.69) is 27.2 Å². The van der Waals surface area contributed by atoms with Crippen LogP contribution in [0.4, 0.5) is 21.9 Å². The first-order chi connectivity index (χ1) is 19.3. The summed E-state index contributed by atoms with van der Waals surface area (Å²) < 4.78 is 0. The Balaban J connectivity index is 1.50. The van der Waals surface area contributed by atoms with Gasteiger partial charge in [0, 0.05) is 36.6 Å². The van der Waals surface area contributed by atoms with Crippen molar-refractivity contribution in [2.45, 2.75) is 33.2 Å². The van der Waals surface area contributed by atoms with E-state index in [1.165, 1.54) is 17.4 Å². The van der Waals surface area contributed by atoms with Crippen molar-refractivity contribution in [2.24, 2.45) is 0 Å². The van der Waals surface area contributed by atoms with Gasteiger partial charge in [0.2, 0.25) is 5.91 Å². The Morgan fingerprint density at radius 1 is 1.20 bits per heavy atom. The number of likely N-dealkylation sites (N-methyl/N-ethyl adjacent to an activating group) is 1. The summed E-state index contributed by atoms with van der Waals surface area (Å²) in [5, 5.41) is 6.70. The molecule has 0 saturated carbocycles. The second-order valence-electron chi connectivity index (χ2n) is 9.46. The molecule has 3 aromatic heterocycles. The molecule has 0 spiro atoms. The lowest BCUT2D eigenvalue weighted by Crippen LogP contribution is -2.45. The van der Waals surface area contributed by atoms with E-state index in [1.54, 1.807) is 22.1 Å². The molecule has 40 heavy (non-hydrogen) atoms. The first-order valence-corrected chi connectivity index (χ1v) is 13.9. The van der Waals surface area contributed by atoms with E-state index < -0.39 is 0 Å². The lowest BCUT2D eigenvalue weighted by molar-refractivity contribution is -0.126. The van der Waals surface area contributed by atoms with E-state index in [1.807, 2.05) is 63.2 Å². The molecule has 5 rings (SSSR count). The maximum Gasteiger partial charge on any atom is 0.331 e. The number of pyridine rings is 2. The van der Waals surface area contributed by atoms with Gasteiger partial charge >= 0.3 is 6.03 Å². The molecule has 0 bridgehead atoms. The number of carbonyl (C=O) groups is 3. The van der Waals surface area contributed by atoms with E-state index in [0.29, 0.717) is 51.7 Å². The molecule has 0 aliphatic carbocycles. The van der Waals surface area contributed by atoms with E-state index in [-0.39, 0.29) is 23.9 Å². The summed E-state index contributed by atoms with van der Waals surface area (Å²) in [6.45, 7) is 10.2. The Bertz CT molecular complexity index is 1620.